The smallest absolute Gasteiger partial charge is 0.224 e. The Labute approximate surface area is 64.2 Å². The average Bonchev–Trinajstić information content (AvgIpc) is 1.88. The summed E-state index contributed by atoms with van der Waals surface area (Å²) < 4.78 is -1.58. The van der Waals surface area contributed by atoms with Crippen LogP contribution in [0, 0.1) is 0 Å². The minimum Gasteiger partial charge on any atom is -0.298 e. The monoisotopic (exact) mass is 158 g/mol. The van der Waals surface area contributed by atoms with Crippen LogP contribution in [0.3, 0.4) is 0 Å². The highest BCUT2D eigenvalue weighted by atomic mass is 32.1. The molecule has 0 rings (SSSR count). The van der Waals surface area contributed by atoms with Crippen LogP contribution in [0.2, 0.25) is 0 Å². The highest BCUT2D eigenvalue weighted by Gasteiger charge is 2.31. The zero-order chi connectivity index (χ0) is 8.20. The van der Waals surface area contributed by atoms with Crippen molar-refractivity contribution < 1.29 is 14.4 Å². The molecule has 1 atom stereocenters. The highest BCUT2D eigenvalue weighted by Crippen LogP contribution is 2.15. The second kappa shape index (κ2) is 3.51. The molecule has 54 valence electrons. The summed E-state index contributed by atoms with van der Waals surface area (Å²) in [6.07, 6.45) is 2.47. The molecule has 3 nitrogen and oxygen atoms in total. The Morgan fingerprint density at radius 2 is 2.10 bits per heavy atom. The van der Waals surface area contributed by atoms with Crippen LogP contribution in [0.25, 0.3) is 0 Å². The van der Waals surface area contributed by atoms with E-state index in [1.807, 2.05) is 0 Å². The Hall–Kier alpha value is -0.640. The van der Waals surface area contributed by atoms with E-state index in [9.17, 15) is 14.4 Å². The normalized spacial score (nSPS) is 15.4. The van der Waals surface area contributed by atoms with Gasteiger partial charge in [0, 0.05) is 6.42 Å². The number of Topliss-reactive ketones (excluding diaryl/α,β-unsaturated/α-hetero) is 1. The predicted octanol–water partition coefficient (Wildman–Crippen LogP) is -0.147. The van der Waals surface area contributed by atoms with Gasteiger partial charge in [0.1, 0.15) is 4.75 Å². The first-order chi connectivity index (χ1) is 4.56. The van der Waals surface area contributed by atoms with E-state index in [1.54, 1.807) is 0 Å². The molecule has 0 aromatic carbocycles. The topological polar surface area (TPSA) is 51.2 Å². The molecule has 0 spiro atoms. The van der Waals surface area contributed by atoms with Crippen LogP contribution < -0.4 is 0 Å². The van der Waals surface area contributed by atoms with E-state index in [2.05, 4.69) is 12.6 Å². The molecule has 0 aromatic rings. The van der Waals surface area contributed by atoms with Crippen LogP contribution in [0.4, 0.5) is 0 Å². The van der Waals surface area contributed by atoms with Crippen LogP contribution in [-0.4, -0.2) is 23.1 Å². The van der Waals surface area contributed by atoms with Crippen molar-refractivity contribution in [2.45, 2.75) is 18.1 Å². The quantitative estimate of drug-likeness (QED) is 0.457. The van der Waals surface area contributed by atoms with Gasteiger partial charge in [0.15, 0.2) is 5.78 Å². The van der Waals surface area contributed by atoms with Gasteiger partial charge in [-0.3, -0.25) is 14.4 Å². The molecule has 0 bridgehead atoms. The van der Waals surface area contributed by atoms with Crippen LogP contribution in [-0.2, 0) is 14.4 Å². The number of carbonyl (C=O) groups is 1. The van der Waals surface area contributed by atoms with Gasteiger partial charge in [-0.05, 0) is 6.92 Å². The summed E-state index contributed by atoms with van der Waals surface area (Å²) in [5, 5.41) is 0. The van der Waals surface area contributed by atoms with Crippen molar-refractivity contribution in [1.29, 1.82) is 0 Å². The Kier molecular flexibility index (Phi) is 3.28. The van der Waals surface area contributed by atoms with E-state index in [0.717, 1.165) is 0 Å². The van der Waals surface area contributed by atoms with Crippen LogP contribution in [0.5, 0.6) is 0 Å². The highest BCUT2D eigenvalue weighted by molar-refractivity contribution is 7.83. The van der Waals surface area contributed by atoms with Gasteiger partial charge in [-0.15, -0.1) is 0 Å². The summed E-state index contributed by atoms with van der Waals surface area (Å²) in [5.41, 5.74) is 0. The largest absolute Gasteiger partial charge is 0.298 e. The van der Waals surface area contributed by atoms with Gasteiger partial charge in [0.25, 0.3) is 0 Å². The fourth-order valence-electron chi connectivity index (χ4n) is 0.337. The zero-order valence-corrected chi connectivity index (χ0v) is 6.27. The van der Waals surface area contributed by atoms with E-state index < -0.39 is 10.5 Å². The minimum absolute atomic E-state index is 0.338. The molecule has 0 aromatic heterocycles. The van der Waals surface area contributed by atoms with Gasteiger partial charge >= 0.3 is 0 Å². The molecule has 2 radical (unpaired) electrons. The lowest BCUT2D eigenvalue weighted by Crippen LogP contribution is -2.32. The summed E-state index contributed by atoms with van der Waals surface area (Å²) in [5.74, 6) is -0.491. The number of rotatable bonds is 4. The first kappa shape index (κ1) is 9.36. The minimum atomic E-state index is -1.58. The zero-order valence-electron chi connectivity index (χ0n) is 5.38. The summed E-state index contributed by atoms with van der Waals surface area (Å²) in [6, 6.07) is 0. The van der Waals surface area contributed by atoms with Crippen LogP contribution in [0.1, 0.15) is 13.3 Å². The fourth-order valence-corrected chi connectivity index (χ4v) is 0.401. The third-order valence-electron chi connectivity index (χ3n) is 1.08. The predicted molar refractivity (Wildman–Crippen MR) is 38.4 cm³/mol. The molecular weight excluding hydrogens is 152 g/mol. The van der Waals surface area contributed by atoms with Gasteiger partial charge < -0.3 is 0 Å². The number of thiol groups is 1. The molecular formula is C6H6O3S. The third kappa shape index (κ3) is 1.95. The summed E-state index contributed by atoms with van der Waals surface area (Å²) in [6.45, 7) is 1.18. The van der Waals surface area contributed by atoms with Crippen molar-refractivity contribution in [3.63, 3.8) is 0 Å². The lowest BCUT2D eigenvalue weighted by Gasteiger charge is -2.11. The fraction of sp³-hybridized carbons (Fsp3) is 0.500. The van der Waals surface area contributed by atoms with E-state index in [4.69, 9.17) is 0 Å². The molecule has 0 heterocycles. The van der Waals surface area contributed by atoms with Crippen molar-refractivity contribution in [2.24, 2.45) is 0 Å². The van der Waals surface area contributed by atoms with Gasteiger partial charge in [0.05, 0.1) is 0 Å². The average molecular weight is 158 g/mol. The molecule has 0 aliphatic carbocycles. The number of hydrogen-bond donors (Lipinski definition) is 1. The third-order valence-corrected chi connectivity index (χ3v) is 1.64. The molecule has 0 aliphatic rings. The van der Waals surface area contributed by atoms with Gasteiger partial charge in [-0.2, -0.15) is 12.6 Å². The Balaban J connectivity index is 4.36. The van der Waals surface area contributed by atoms with Gasteiger partial charge in [0.2, 0.25) is 12.6 Å². The van der Waals surface area contributed by atoms with Gasteiger partial charge in [-0.25, -0.2) is 0 Å². The lowest BCUT2D eigenvalue weighted by atomic mass is 10.0. The van der Waals surface area contributed by atoms with Crippen molar-refractivity contribution in [2.75, 3.05) is 0 Å². The molecule has 0 amide bonds. The number of carbonyl (C=O) groups excluding carboxylic acids is 3. The van der Waals surface area contributed by atoms with Crippen LogP contribution >= 0.6 is 12.6 Å². The molecule has 0 fully saturated rings. The van der Waals surface area contributed by atoms with E-state index >= 15 is 0 Å². The number of ketones is 1. The maximum absolute atomic E-state index is 10.6. The molecule has 0 unspecified atom stereocenters. The van der Waals surface area contributed by atoms with E-state index in [-0.39, 0.29) is 6.42 Å². The molecule has 0 saturated carbocycles. The van der Waals surface area contributed by atoms with Crippen molar-refractivity contribution in [3.05, 3.63) is 0 Å². The van der Waals surface area contributed by atoms with Gasteiger partial charge in [-0.1, -0.05) is 0 Å². The summed E-state index contributed by atoms with van der Waals surface area (Å²) >= 11 is 3.66. The summed E-state index contributed by atoms with van der Waals surface area (Å²) in [7, 11) is 0. The second-order valence-electron chi connectivity index (χ2n) is 1.84. The number of hydrogen-bond acceptors (Lipinski definition) is 4. The molecule has 0 saturated heterocycles. The Bertz CT molecular complexity index is 166. The van der Waals surface area contributed by atoms with Crippen LogP contribution in [0.15, 0.2) is 0 Å². The van der Waals surface area contributed by atoms with E-state index in [1.165, 1.54) is 19.5 Å². The Morgan fingerprint density at radius 1 is 1.60 bits per heavy atom. The SMILES string of the molecule is CC(=O)[C@@](S)([C]=O)C[C]=O. The van der Waals surface area contributed by atoms with Crippen molar-refractivity contribution >= 4 is 31.0 Å². The molecule has 0 N–H and O–H groups in total. The Morgan fingerprint density at radius 3 is 2.20 bits per heavy atom. The molecule has 4 heteroatoms. The summed E-state index contributed by atoms with van der Waals surface area (Å²) in [4.78, 5) is 30.4. The van der Waals surface area contributed by atoms with Crippen molar-refractivity contribution in [3.8, 4) is 0 Å². The first-order valence-electron chi connectivity index (χ1n) is 2.54. The van der Waals surface area contributed by atoms with E-state index in [0.29, 0.717) is 0 Å². The van der Waals surface area contributed by atoms with Crippen molar-refractivity contribution in [1.82, 2.24) is 0 Å². The maximum Gasteiger partial charge on any atom is 0.224 e. The lowest BCUT2D eigenvalue weighted by molar-refractivity contribution is -0.117. The first-order valence-corrected chi connectivity index (χ1v) is 2.99. The second-order valence-corrected chi connectivity index (χ2v) is 2.60. The molecule has 10 heavy (non-hydrogen) atoms. The molecule has 0 aliphatic heterocycles. The maximum atomic E-state index is 10.6. The standard InChI is InChI=1S/C6H6O3S/c1-5(9)6(10,4-8)2-3-7/h10H,2H2,1H3/t6-/m0/s1.